The van der Waals surface area contributed by atoms with Crippen LogP contribution in [-0.2, 0) is 22.6 Å². The lowest BCUT2D eigenvalue weighted by Crippen LogP contribution is -2.18. The maximum Gasteiger partial charge on any atom is 0.234 e. The quantitative estimate of drug-likeness (QED) is 0.487. The largest absolute Gasteiger partial charge is 0.325 e. The van der Waals surface area contributed by atoms with Crippen LogP contribution in [0.2, 0.25) is 5.02 Å². The van der Waals surface area contributed by atoms with E-state index in [4.69, 9.17) is 11.6 Å². The van der Waals surface area contributed by atoms with E-state index < -0.39 is 0 Å². The van der Waals surface area contributed by atoms with Crippen molar-refractivity contribution in [3.05, 3.63) is 64.4 Å². The molecular weight excluding hydrogens is 434 g/mol. The van der Waals surface area contributed by atoms with E-state index in [1.54, 1.807) is 24.3 Å². The maximum absolute atomic E-state index is 12.4. The number of hydrogen-bond donors (Lipinski definition) is 2. The van der Waals surface area contributed by atoms with Gasteiger partial charge in [-0.2, -0.15) is 0 Å². The van der Waals surface area contributed by atoms with Crippen molar-refractivity contribution in [2.45, 2.75) is 38.9 Å². The first-order chi connectivity index (χ1) is 14.9. The summed E-state index contributed by atoms with van der Waals surface area (Å²) in [5.41, 5.74) is 3.52. The standard InChI is InChI=1S/C22H24ClN5O2S/c1-4-28-19(12-20(29)25-18-10-6-5-9-16(18)23)26-27-22(28)31-13-21(30)24-17-11-7-8-14(2)15(17)3/h5-11H,4,12-13H2,1-3H3,(H,24,30)(H,25,29). The molecule has 2 N–H and O–H groups in total. The molecule has 0 fully saturated rings. The topological polar surface area (TPSA) is 88.9 Å². The Bertz CT molecular complexity index is 1100. The summed E-state index contributed by atoms with van der Waals surface area (Å²) < 4.78 is 1.84. The highest BCUT2D eigenvalue weighted by Crippen LogP contribution is 2.22. The summed E-state index contributed by atoms with van der Waals surface area (Å²) >= 11 is 7.38. The van der Waals surface area contributed by atoms with Crippen LogP contribution in [0.4, 0.5) is 11.4 Å². The molecule has 2 aromatic carbocycles. The molecule has 0 atom stereocenters. The lowest BCUT2D eigenvalue weighted by Gasteiger charge is -2.11. The van der Waals surface area contributed by atoms with E-state index >= 15 is 0 Å². The third-order valence-corrected chi connectivity index (χ3v) is 6.08. The molecule has 0 radical (unpaired) electrons. The number of benzene rings is 2. The number of aromatic nitrogens is 3. The van der Waals surface area contributed by atoms with E-state index in [2.05, 4.69) is 20.8 Å². The molecule has 0 aliphatic rings. The average Bonchev–Trinajstić information content (AvgIpc) is 3.13. The minimum absolute atomic E-state index is 0.0569. The Morgan fingerprint density at radius 3 is 2.45 bits per heavy atom. The Balaban J connectivity index is 1.60. The number of nitrogens with one attached hydrogen (secondary N) is 2. The van der Waals surface area contributed by atoms with Gasteiger partial charge >= 0.3 is 0 Å². The summed E-state index contributed by atoms with van der Waals surface area (Å²) in [4.78, 5) is 24.8. The number of halogens is 1. The normalized spacial score (nSPS) is 10.7. The van der Waals surface area contributed by atoms with Crippen molar-refractivity contribution < 1.29 is 9.59 Å². The van der Waals surface area contributed by atoms with Gasteiger partial charge in [-0.15, -0.1) is 10.2 Å². The highest BCUT2D eigenvalue weighted by atomic mass is 35.5. The van der Waals surface area contributed by atoms with Crippen LogP contribution in [0.25, 0.3) is 0 Å². The van der Waals surface area contributed by atoms with Crippen molar-refractivity contribution in [2.75, 3.05) is 16.4 Å². The van der Waals surface area contributed by atoms with Gasteiger partial charge in [0, 0.05) is 12.2 Å². The van der Waals surface area contributed by atoms with Gasteiger partial charge in [0.2, 0.25) is 11.8 Å². The lowest BCUT2D eigenvalue weighted by molar-refractivity contribution is -0.116. The zero-order valence-corrected chi connectivity index (χ0v) is 19.2. The fourth-order valence-corrected chi connectivity index (χ4v) is 3.98. The van der Waals surface area contributed by atoms with Gasteiger partial charge in [0.25, 0.3) is 0 Å². The summed E-state index contributed by atoms with van der Waals surface area (Å²) in [5.74, 6) is 0.364. The number of aryl methyl sites for hydroxylation is 1. The molecule has 9 heteroatoms. The van der Waals surface area contributed by atoms with Crippen molar-refractivity contribution >= 4 is 46.6 Å². The number of anilines is 2. The molecule has 0 spiro atoms. The second kappa shape index (κ2) is 10.5. The number of nitrogens with zero attached hydrogens (tertiary/aromatic N) is 3. The monoisotopic (exact) mass is 457 g/mol. The van der Waals surface area contributed by atoms with Crippen LogP contribution < -0.4 is 10.6 Å². The fourth-order valence-electron chi connectivity index (χ4n) is 2.98. The molecule has 0 aliphatic carbocycles. The second-order valence-electron chi connectivity index (χ2n) is 6.93. The number of para-hydroxylation sites is 1. The molecule has 0 bridgehead atoms. The molecule has 3 aromatic rings. The Labute approximate surface area is 190 Å². The lowest BCUT2D eigenvalue weighted by atomic mass is 10.1. The van der Waals surface area contributed by atoms with Crippen LogP contribution in [0.5, 0.6) is 0 Å². The molecule has 3 rings (SSSR count). The van der Waals surface area contributed by atoms with E-state index in [0.717, 1.165) is 16.8 Å². The van der Waals surface area contributed by atoms with Gasteiger partial charge in [-0.05, 0) is 50.1 Å². The molecule has 0 unspecified atom stereocenters. The van der Waals surface area contributed by atoms with Crippen molar-refractivity contribution in [3.8, 4) is 0 Å². The first-order valence-electron chi connectivity index (χ1n) is 9.84. The number of thioether (sulfide) groups is 1. The second-order valence-corrected chi connectivity index (χ2v) is 8.28. The zero-order valence-electron chi connectivity index (χ0n) is 17.6. The molecule has 0 aliphatic heterocycles. The predicted octanol–water partition coefficient (Wildman–Crippen LogP) is 4.48. The SMILES string of the molecule is CCn1c(CC(=O)Nc2ccccc2Cl)nnc1SCC(=O)Nc1cccc(C)c1C. The number of amides is 2. The van der Waals surface area contributed by atoms with Gasteiger partial charge < -0.3 is 15.2 Å². The minimum atomic E-state index is -0.237. The summed E-state index contributed by atoms with van der Waals surface area (Å²) in [6, 6.07) is 12.9. The van der Waals surface area contributed by atoms with Gasteiger partial charge in [0.15, 0.2) is 5.16 Å². The third-order valence-electron chi connectivity index (χ3n) is 4.79. The molecule has 2 amide bonds. The van der Waals surface area contributed by atoms with Crippen molar-refractivity contribution in [1.29, 1.82) is 0 Å². The molecule has 162 valence electrons. The van der Waals surface area contributed by atoms with E-state index in [1.807, 2.05) is 43.5 Å². The zero-order chi connectivity index (χ0) is 22.4. The van der Waals surface area contributed by atoms with Crippen LogP contribution in [0.1, 0.15) is 23.9 Å². The Morgan fingerprint density at radius 2 is 1.71 bits per heavy atom. The molecule has 1 aromatic heterocycles. The Kier molecular flexibility index (Phi) is 7.70. The molecular formula is C22H24ClN5O2S. The van der Waals surface area contributed by atoms with Crippen molar-refractivity contribution in [3.63, 3.8) is 0 Å². The van der Waals surface area contributed by atoms with Crippen LogP contribution in [0.3, 0.4) is 0 Å². The fraction of sp³-hybridized carbons (Fsp3) is 0.273. The van der Waals surface area contributed by atoms with Crippen molar-refractivity contribution in [2.24, 2.45) is 0 Å². The van der Waals surface area contributed by atoms with Crippen LogP contribution in [-0.4, -0.2) is 32.3 Å². The van der Waals surface area contributed by atoms with Crippen molar-refractivity contribution in [1.82, 2.24) is 14.8 Å². The molecule has 7 nitrogen and oxygen atoms in total. The summed E-state index contributed by atoms with van der Waals surface area (Å²) in [5, 5.41) is 15.1. The number of carbonyl (C=O) groups excluding carboxylic acids is 2. The van der Waals surface area contributed by atoms with E-state index in [0.29, 0.717) is 28.2 Å². The average molecular weight is 458 g/mol. The maximum atomic E-state index is 12.4. The minimum Gasteiger partial charge on any atom is -0.325 e. The van der Waals surface area contributed by atoms with E-state index in [-0.39, 0.29) is 24.0 Å². The molecule has 0 saturated carbocycles. The summed E-state index contributed by atoms with van der Waals surface area (Å²) in [6.45, 7) is 6.51. The van der Waals surface area contributed by atoms with Gasteiger partial charge in [-0.1, -0.05) is 47.6 Å². The number of carbonyl (C=O) groups is 2. The van der Waals surface area contributed by atoms with Gasteiger partial charge in [-0.25, -0.2) is 0 Å². The summed E-state index contributed by atoms with van der Waals surface area (Å²) in [7, 11) is 0. The van der Waals surface area contributed by atoms with Crippen LogP contribution in [0.15, 0.2) is 47.6 Å². The van der Waals surface area contributed by atoms with Crippen LogP contribution in [0, 0.1) is 13.8 Å². The molecule has 1 heterocycles. The first-order valence-corrected chi connectivity index (χ1v) is 11.2. The predicted molar refractivity (Wildman–Crippen MR) is 125 cm³/mol. The highest BCUT2D eigenvalue weighted by Gasteiger charge is 2.17. The van der Waals surface area contributed by atoms with E-state index in [1.165, 1.54) is 11.8 Å². The van der Waals surface area contributed by atoms with Gasteiger partial charge in [-0.3, -0.25) is 9.59 Å². The van der Waals surface area contributed by atoms with Gasteiger partial charge in [0.05, 0.1) is 22.9 Å². The number of hydrogen-bond acceptors (Lipinski definition) is 5. The highest BCUT2D eigenvalue weighted by molar-refractivity contribution is 7.99. The molecule has 0 saturated heterocycles. The first kappa shape index (κ1) is 22.8. The summed E-state index contributed by atoms with van der Waals surface area (Å²) in [6.07, 6.45) is 0.0569. The van der Waals surface area contributed by atoms with E-state index in [9.17, 15) is 9.59 Å². The molecule has 31 heavy (non-hydrogen) atoms. The Hall–Kier alpha value is -2.84. The van der Waals surface area contributed by atoms with Crippen LogP contribution >= 0.6 is 23.4 Å². The third kappa shape index (κ3) is 5.86. The Morgan fingerprint density at radius 1 is 1.00 bits per heavy atom. The smallest absolute Gasteiger partial charge is 0.234 e. The van der Waals surface area contributed by atoms with Gasteiger partial charge in [0.1, 0.15) is 5.82 Å². The number of rotatable bonds is 8.